The Labute approximate surface area is 87.8 Å². The van der Waals surface area contributed by atoms with Gasteiger partial charge in [0.25, 0.3) is 0 Å². The highest BCUT2D eigenvalue weighted by Gasteiger charge is 2.45. The molecule has 0 aliphatic heterocycles. The van der Waals surface area contributed by atoms with Crippen LogP contribution in [0, 0.1) is 19.7 Å². The van der Waals surface area contributed by atoms with E-state index in [1.54, 1.807) is 13.0 Å². The Bertz CT molecular complexity index is 434. The van der Waals surface area contributed by atoms with Crippen molar-refractivity contribution in [1.29, 1.82) is 0 Å². The summed E-state index contributed by atoms with van der Waals surface area (Å²) in [6, 6.07) is 3.39. The number of aliphatic imine (C=N–C) groups is 1. The molecule has 1 fully saturated rings. The molecule has 1 aromatic rings. The standard InChI is InChI=1S/C12H12FNO/c1-8-5-10(6-11(13)9(8)2)12(3-4-12)14-7-15/h5-6H,3-4H2,1-2H3. The number of benzene rings is 1. The van der Waals surface area contributed by atoms with Crippen LogP contribution >= 0.6 is 0 Å². The zero-order valence-corrected chi connectivity index (χ0v) is 8.80. The third-order valence-electron chi connectivity index (χ3n) is 3.12. The number of nitrogens with zero attached hydrogens (tertiary/aromatic N) is 1. The fourth-order valence-electron chi connectivity index (χ4n) is 1.76. The monoisotopic (exact) mass is 205 g/mol. The van der Waals surface area contributed by atoms with Crippen molar-refractivity contribution in [2.75, 3.05) is 0 Å². The summed E-state index contributed by atoms with van der Waals surface area (Å²) in [6.45, 7) is 3.61. The van der Waals surface area contributed by atoms with Gasteiger partial charge >= 0.3 is 0 Å². The number of hydrogen-bond donors (Lipinski definition) is 0. The van der Waals surface area contributed by atoms with Gasteiger partial charge in [-0.25, -0.2) is 9.18 Å². The lowest BCUT2D eigenvalue weighted by Gasteiger charge is -2.11. The molecule has 0 radical (unpaired) electrons. The highest BCUT2D eigenvalue weighted by Crippen LogP contribution is 2.49. The largest absolute Gasteiger partial charge is 0.235 e. The second kappa shape index (κ2) is 3.28. The first-order chi connectivity index (χ1) is 7.09. The van der Waals surface area contributed by atoms with Crippen LogP contribution in [0.2, 0.25) is 0 Å². The van der Waals surface area contributed by atoms with Crippen molar-refractivity contribution >= 4 is 6.08 Å². The molecule has 0 N–H and O–H groups in total. The minimum atomic E-state index is -0.471. The fraction of sp³-hybridized carbons (Fsp3) is 0.417. The van der Waals surface area contributed by atoms with E-state index >= 15 is 0 Å². The lowest BCUT2D eigenvalue weighted by molar-refractivity contribution is 0.555. The van der Waals surface area contributed by atoms with Gasteiger partial charge in [-0.15, -0.1) is 0 Å². The minimum absolute atomic E-state index is 0.225. The van der Waals surface area contributed by atoms with Crippen LogP contribution in [-0.4, -0.2) is 6.08 Å². The summed E-state index contributed by atoms with van der Waals surface area (Å²) in [6.07, 6.45) is 3.19. The molecule has 2 nitrogen and oxygen atoms in total. The Balaban J connectivity index is 2.51. The van der Waals surface area contributed by atoms with Gasteiger partial charge in [-0.05, 0) is 49.4 Å². The maximum absolute atomic E-state index is 13.5. The van der Waals surface area contributed by atoms with Crippen molar-refractivity contribution < 1.29 is 9.18 Å². The average molecular weight is 205 g/mol. The van der Waals surface area contributed by atoms with Crippen LogP contribution in [0.4, 0.5) is 4.39 Å². The molecule has 1 saturated carbocycles. The van der Waals surface area contributed by atoms with Crippen LogP contribution in [0.1, 0.15) is 29.5 Å². The summed E-state index contributed by atoms with van der Waals surface area (Å²) >= 11 is 0. The summed E-state index contributed by atoms with van der Waals surface area (Å²) in [5.41, 5.74) is 1.88. The fourth-order valence-corrected chi connectivity index (χ4v) is 1.76. The Kier molecular flexibility index (Phi) is 2.20. The van der Waals surface area contributed by atoms with Crippen LogP contribution in [0.5, 0.6) is 0 Å². The van der Waals surface area contributed by atoms with Crippen molar-refractivity contribution in [3.05, 3.63) is 34.6 Å². The molecule has 0 atom stereocenters. The Morgan fingerprint density at radius 3 is 2.53 bits per heavy atom. The van der Waals surface area contributed by atoms with Crippen LogP contribution in [0.15, 0.2) is 17.1 Å². The molecule has 0 saturated heterocycles. The molecule has 0 bridgehead atoms. The molecule has 2 rings (SSSR count). The first kappa shape index (κ1) is 10.1. The molecule has 1 aliphatic rings. The Morgan fingerprint density at radius 2 is 2.07 bits per heavy atom. The van der Waals surface area contributed by atoms with Crippen molar-refractivity contribution in [3.63, 3.8) is 0 Å². The molecule has 15 heavy (non-hydrogen) atoms. The number of halogens is 1. The molecule has 0 amide bonds. The van der Waals surface area contributed by atoms with Gasteiger partial charge in [-0.2, -0.15) is 4.99 Å². The summed E-state index contributed by atoms with van der Waals surface area (Å²) in [5.74, 6) is -0.225. The molecule has 0 spiro atoms. The maximum atomic E-state index is 13.5. The minimum Gasteiger partial charge on any atom is -0.211 e. The zero-order valence-electron chi connectivity index (χ0n) is 8.80. The van der Waals surface area contributed by atoms with E-state index in [9.17, 15) is 9.18 Å². The molecule has 78 valence electrons. The van der Waals surface area contributed by atoms with Crippen LogP contribution in [-0.2, 0) is 10.3 Å². The quantitative estimate of drug-likeness (QED) is 0.539. The molecule has 1 aromatic carbocycles. The Hall–Kier alpha value is -1.47. The SMILES string of the molecule is Cc1cc(C2(N=C=O)CC2)cc(F)c1C. The first-order valence-electron chi connectivity index (χ1n) is 4.95. The highest BCUT2D eigenvalue weighted by atomic mass is 19.1. The number of aryl methyl sites for hydroxylation is 1. The van der Waals surface area contributed by atoms with Crippen molar-refractivity contribution in [1.82, 2.24) is 0 Å². The summed E-state index contributed by atoms with van der Waals surface area (Å²) < 4.78 is 13.5. The predicted molar refractivity (Wildman–Crippen MR) is 54.9 cm³/mol. The van der Waals surface area contributed by atoms with Crippen LogP contribution in [0.3, 0.4) is 0 Å². The average Bonchev–Trinajstić information content (AvgIpc) is 2.95. The topological polar surface area (TPSA) is 29.4 Å². The molecule has 0 unspecified atom stereocenters. The van der Waals surface area contributed by atoms with Gasteiger partial charge in [0.05, 0.1) is 5.54 Å². The van der Waals surface area contributed by atoms with E-state index in [0.717, 1.165) is 24.0 Å². The van der Waals surface area contributed by atoms with E-state index in [1.807, 2.05) is 13.0 Å². The van der Waals surface area contributed by atoms with E-state index in [1.165, 1.54) is 6.07 Å². The molecular weight excluding hydrogens is 193 g/mol. The van der Waals surface area contributed by atoms with Crippen molar-refractivity contribution in [2.45, 2.75) is 32.2 Å². The Morgan fingerprint density at radius 1 is 1.40 bits per heavy atom. The summed E-state index contributed by atoms with van der Waals surface area (Å²) in [4.78, 5) is 14.1. The van der Waals surface area contributed by atoms with E-state index in [2.05, 4.69) is 4.99 Å². The van der Waals surface area contributed by atoms with Gasteiger partial charge in [0.1, 0.15) is 5.82 Å². The van der Waals surface area contributed by atoms with Gasteiger partial charge in [0, 0.05) is 0 Å². The van der Waals surface area contributed by atoms with Gasteiger partial charge in [0.15, 0.2) is 0 Å². The number of rotatable bonds is 2. The number of carbonyl (C=O) groups excluding carboxylic acids is 1. The normalized spacial score (nSPS) is 17.0. The zero-order chi connectivity index (χ0) is 11.1. The molecule has 1 aliphatic carbocycles. The molecule has 3 heteroatoms. The first-order valence-corrected chi connectivity index (χ1v) is 4.95. The second-order valence-electron chi connectivity index (χ2n) is 4.13. The maximum Gasteiger partial charge on any atom is 0.235 e. The number of isocyanates is 1. The third-order valence-corrected chi connectivity index (χ3v) is 3.12. The van der Waals surface area contributed by atoms with E-state index in [-0.39, 0.29) is 5.82 Å². The summed E-state index contributed by atoms with van der Waals surface area (Å²) in [7, 11) is 0. The lowest BCUT2D eigenvalue weighted by Crippen LogP contribution is -2.04. The van der Waals surface area contributed by atoms with Gasteiger partial charge in [-0.3, -0.25) is 0 Å². The van der Waals surface area contributed by atoms with Gasteiger partial charge < -0.3 is 0 Å². The third kappa shape index (κ3) is 1.59. The lowest BCUT2D eigenvalue weighted by atomic mass is 9.99. The second-order valence-corrected chi connectivity index (χ2v) is 4.13. The van der Waals surface area contributed by atoms with Crippen LogP contribution < -0.4 is 0 Å². The van der Waals surface area contributed by atoms with Crippen molar-refractivity contribution in [3.8, 4) is 0 Å². The number of hydrogen-bond acceptors (Lipinski definition) is 2. The summed E-state index contributed by atoms with van der Waals surface area (Å²) in [5, 5.41) is 0. The van der Waals surface area contributed by atoms with E-state index in [0.29, 0.717) is 5.56 Å². The smallest absolute Gasteiger partial charge is 0.211 e. The van der Waals surface area contributed by atoms with E-state index in [4.69, 9.17) is 0 Å². The molecular formula is C12H12FNO. The van der Waals surface area contributed by atoms with E-state index < -0.39 is 5.54 Å². The van der Waals surface area contributed by atoms with Gasteiger partial charge in [0.2, 0.25) is 6.08 Å². The van der Waals surface area contributed by atoms with Crippen LogP contribution in [0.25, 0.3) is 0 Å². The molecule has 0 aromatic heterocycles. The molecule has 0 heterocycles. The predicted octanol–water partition coefficient (Wildman–Crippen LogP) is 2.77. The van der Waals surface area contributed by atoms with Gasteiger partial charge in [-0.1, -0.05) is 6.07 Å². The highest BCUT2D eigenvalue weighted by molar-refractivity contribution is 5.43. The van der Waals surface area contributed by atoms with Crippen molar-refractivity contribution in [2.24, 2.45) is 4.99 Å².